The zero-order valence-electron chi connectivity index (χ0n) is 17.0. The van der Waals surface area contributed by atoms with Crippen LogP contribution in [-0.4, -0.2) is 28.0 Å². The summed E-state index contributed by atoms with van der Waals surface area (Å²) in [4.78, 5) is 3.04. The molecule has 0 saturated heterocycles. The first-order chi connectivity index (χ1) is 16.0. The Bertz CT molecular complexity index is 1430. The van der Waals surface area contributed by atoms with Gasteiger partial charge < -0.3 is 4.74 Å². The Balaban J connectivity index is 1.72. The maximum atomic E-state index is 14.8. The number of sulfonamides is 1. The first kappa shape index (κ1) is 23.5. The van der Waals surface area contributed by atoms with E-state index in [0.717, 1.165) is 48.2 Å². The van der Waals surface area contributed by atoms with Crippen LogP contribution in [0.15, 0.2) is 60.0 Å². The average Bonchev–Trinajstić information content (AvgIpc) is 3.28. The van der Waals surface area contributed by atoms with E-state index in [9.17, 15) is 26.0 Å². The van der Waals surface area contributed by atoms with Gasteiger partial charge in [-0.3, -0.25) is 4.72 Å². The second-order valence-electron chi connectivity index (χ2n) is 6.84. The van der Waals surface area contributed by atoms with Crippen molar-refractivity contribution in [2.45, 2.75) is 18.0 Å². The molecule has 0 aliphatic rings. The van der Waals surface area contributed by atoms with Crippen molar-refractivity contribution >= 4 is 26.7 Å². The highest BCUT2D eigenvalue weighted by Crippen LogP contribution is 2.40. The average molecular weight is 511 g/mol. The van der Waals surface area contributed by atoms with Crippen molar-refractivity contribution in [1.29, 1.82) is 0 Å². The first-order valence-electron chi connectivity index (χ1n) is 9.30. The number of halogens is 4. The lowest BCUT2D eigenvalue weighted by Crippen LogP contribution is -2.15. The van der Waals surface area contributed by atoms with Crippen LogP contribution in [0.25, 0.3) is 11.1 Å². The van der Waals surface area contributed by atoms with Gasteiger partial charge in [0.1, 0.15) is 28.5 Å². The fraction of sp³-hybridized carbons (Fsp3) is 0.100. The monoisotopic (exact) mass is 511 g/mol. The van der Waals surface area contributed by atoms with Gasteiger partial charge in [-0.25, -0.2) is 17.8 Å². The molecule has 0 atom stereocenters. The number of aromatic nitrogens is 4. The largest absolute Gasteiger partial charge is 0.456 e. The molecule has 0 unspecified atom stereocenters. The molecule has 14 heteroatoms. The molecule has 34 heavy (non-hydrogen) atoms. The molecule has 2 aromatic heterocycles. The van der Waals surface area contributed by atoms with Gasteiger partial charge in [-0.05, 0) is 42.8 Å². The topological polar surface area (TPSA) is 107 Å². The number of hydrogen-bond acceptors (Lipinski definition) is 8. The normalized spacial score (nSPS) is 11.9. The van der Waals surface area contributed by atoms with Gasteiger partial charge in [-0.1, -0.05) is 0 Å². The third-order valence-electron chi connectivity index (χ3n) is 4.52. The summed E-state index contributed by atoms with van der Waals surface area (Å²) in [6.45, 7) is 1.47. The predicted octanol–water partition coefficient (Wildman–Crippen LogP) is 5.05. The SMILES string of the molecule is Cc1cc(S(=O)(=O)Nc2ncns2)c(F)cc1Oc1ccc(C(F)(F)F)cc1-c1ccnnc1. The molecule has 0 spiro atoms. The lowest BCUT2D eigenvalue weighted by Gasteiger charge is -2.16. The number of rotatable bonds is 6. The van der Waals surface area contributed by atoms with Gasteiger partial charge in [-0.15, -0.1) is 0 Å². The van der Waals surface area contributed by atoms with E-state index in [-0.39, 0.29) is 33.3 Å². The molecule has 8 nitrogen and oxygen atoms in total. The van der Waals surface area contributed by atoms with Gasteiger partial charge in [0.05, 0.1) is 18.0 Å². The maximum absolute atomic E-state index is 14.8. The van der Waals surface area contributed by atoms with E-state index in [0.29, 0.717) is 0 Å². The van der Waals surface area contributed by atoms with Crippen LogP contribution in [0.5, 0.6) is 11.5 Å². The Labute approximate surface area is 194 Å². The Morgan fingerprint density at radius 1 is 1.06 bits per heavy atom. The number of aryl methyl sites for hydroxylation is 1. The van der Waals surface area contributed by atoms with E-state index in [1.165, 1.54) is 25.4 Å². The van der Waals surface area contributed by atoms with Crippen LogP contribution in [0.4, 0.5) is 22.7 Å². The molecule has 0 amide bonds. The van der Waals surface area contributed by atoms with Crippen molar-refractivity contribution in [2.24, 2.45) is 0 Å². The summed E-state index contributed by atoms with van der Waals surface area (Å²) in [5.74, 6) is -1.24. The first-order valence-corrected chi connectivity index (χ1v) is 11.6. The molecule has 176 valence electrons. The van der Waals surface area contributed by atoms with Crippen LogP contribution in [0.2, 0.25) is 0 Å². The summed E-state index contributed by atoms with van der Waals surface area (Å²) < 4.78 is 91.2. The lowest BCUT2D eigenvalue weighted by molar-refractivity contribution is -0.137. The van der Waals surface area contributed by atoms with Crippen molar-refractivity contribution < 1.29 is 30.7 Å². The Kier molecular flexibility index (Phi) is 6.18. The molecule has 2 aromatic carbocycles. The van der Waals surface area contributed by atoms with E-state index >= 15 is 0 Å². The third kappa shape index (κ3) is 4.97. The van der Waals surface area contributed by atoms with Gasteiger partial charge in [0.2, 0.25) is 5.13 Å². The number of anilines is 1. The highest BCUT2D eigenvalue weighted by atomic mass is 32.2. The summed E-state index contributed by atoms with van der Waals surface area (Å²) >= 11 is 0.774. The van der Waals surface area contributed by atoms with E-state index in [2.05, 4.69) is 24.3 Å². The minimum Gasteiger partial charge on any atom is -0.456 e. The van der Waals surface area contributed by atoms with Gasteiger partial charge in [0.15, 0.2) is 0 Å². The van der Waals surface area contributed by atoms with Crippen LogP contribution in [0.3, 0.4) is 0 Å². The maximum Gasteiger partial charge on any atom is 0.416 e. The summed E-state index contributed by atoms with van der Waals surface area (Å²) in [5.41, 5.74) is -0.370. The molecule has 0 aliphatic carbocycles. The van der Waals surface area contributed by atoms with Crippen molar-refractivity contribution in [1.82, 2.24) is 19.6 Å². The number of nitrogens with one attached hydrogen (secondary N) is 1. The summed E-state index contributed by atoms with van der Waals surface area (Å²) in [6.07, 6.45) is -0.910. The van der Waals surface area contributed by atoms with E-state index in [1.54, 1.807) is 0 Å². The number of ether oxygens (including phenoxy) is 1. The zero-order chi connectivity index (χ0) is 24.5. The van der Waals surface area contributed by atoms with Crippen LogP contribution in [0.1, 0.15) is 11.1 Å². The fourth-order valence-corrected chi connectivity index (χ4v) is 4.74. The molecule has 0 radical (unpaired) electrons. The van der Waals surface area contributed by atoms with Gasteiger partial charge in [-0.2, -0.15) is 27.7 Å². The minimum absolute atomic E-state index is 0.0221. The number of nitrogens with zero attached hydrogens (tertiary/aromatic N) is 4. The van der Waals surface area contributed by atoms with Crippen molar-refractivity contribution in [2.75, 3.05) is 4.72 Å². The van der Waals surface area contributed by atoms with Crippen LogP contribution < -0.4 is 9.46 Å². The standard InChI is InChI=1S/C20H13F4N5O3S2/c1-11-6-18(34(30,31)29-19-25-10-28-33-19)15(21)8-17(11)32-16-3-2-13(20(22,23)24)7-14(16)12-4-5-26-27-9-12/h2-10H,1H3,(H,25,28,29). The molecule has 0 bridgehead atoms. The second-order valence-corrected chi connectivity index (χ2v) is 9.27. The molecule has 0 aliphatic heterocycles. The van der Waals surface area contributed by atoms with Gasteiger partial charge >= 0.3 is 6.18 Å². The smallest absolute Gasteiger partial charge is 0.416 e. The number of hydrogen-bond donors (Lipinski definition) is 1. The Hall–Kier alpha value is -3.65. The van der Waals surface area contributed by atoms with E-state index in [4.69, 9.17) is 4.74 Å². The van der Waals surface area contributed by atoms with Gasteiger partial charge in [0, 0.05) is 28.7 Å². The summed E-state index contributed by atoms with van der Waals surface area (Å²) in [5, 5.41) is 7.24. The molecule has 4 rings (SSSR count). The third-order valence-corrected chi connectivity index (χ3v) is 6.59. The highest BCUT2D eigenvalue weighted by molar-refractivity contribution is 7.93. The van der Waals surface area contributed by atoms with Crippen molar-refractivity contribution in [3.63, 3.8) is 0 Å². The quantitative estimate of drug-likeness (QED) is 0.361. The Morgan fingerprint density at radius 3 is 2.50 bits per heavy atom. The van der Waals surface area contributed by atoms with E-state index in [1.807, 2.05) is 0 Å². The second kappa shape index (κ2) is 8.95. The van der Waals surface area contributed by atoms with Crippen molar-refractivity contribution in [3.8, 4) is 22.6 Å². The molecule has 0 fully saturated rings. The zero-order valence-corrected chi connectivity index (χ0v) is 18.7. The molecule has 2 heterocycles. The number of benzene rings is 2. The van der Waals surface area contributed by atoms with Crippen molar-refractivity contribution in [3.05, 3.63) is 72.1 Å². The predicted molar refractivity (Wildman–Crippen MR) is 114 cm³/mol. The lowest BCUT2D eigenvalue weighted by atomic mass is 10.0. The Morgan fingerprint density at radius 2 is 1.85 bits per heavy atom. The summed E-state index contributed by atoms with van der Waals surface area (Å²) in [6, 6.07) is 6.13. The van der Waals surface area contributed by atoms with Crippen LogP contribution in [0, 0.1) is 12.7 Å². The molecule has 4 aromatic rings. The minimum atomic E-state index is -4.61. The summed E-state index contributed by atoms with van der Waals surface area (Å²) in [7, 11) is -4.31. The molecule has 1 N–H and O–H groups in total. The highest BCUT2D eigenvalue weighted by Gasteiger charge is 2.31. The van der Waals surface area contributed by atoms with E-state index < -0.39 is 32.5 Å². The molecule has 0 saturated carbocycles. The fourth-order valence-electron chi connectivity index (χ4n) is 2.93. The number of alkyl halides is 3. The molecular weight excluding hydrogens is 498 g/mol. The van der Waals surface area contributed by atoms with Crippen LogP contribution >= 0.6 is 11.5 Å². The van der Waals surface area contributed by atoms with Crippen LogP contribution in [-0.2, 0) is 16.2 Å². The molecular formula is C20H13F4N5O3S2. The van der Waals surface area contributed by atoms with Gasteiger partial charge in [0.25, 0.3) is 10.0 Å².